The van der Waals surface area contributed by atoms with Gasteiger partial charge in [-0.3, -0.25) is 0 Å². The Hall–Kier alpha value is -1.91. The Bertz CT molecular complexity index is 526. The van der Waals surface area contributed by atoms with E-state index in [0.717, 1.165) is 16.7 Å². The molecule has 2 heterocycles. The molecule has 0 spiro atoms. The van der Waals surface area contributed by atoms with E-state index in [-0.39, 0.29) is 0 Å². The third-order valence-electron chi connectivity index (χ3n) is 2.43. The van der Waals surface area contributed by atoms with Crippen LogP contribution in [0.15, 0.2) is 19.0 Å². The van der Waals surface area contributed by atoms with Crippen LogP contribution in [0.3, 0.4) is 0 Å². The first-order valence-electron chi connectivity index (χ1n) is 5.23. The molecule has 0 aliphatic carbocycles. The zero-order chi connectivity index (χ0) is 11.7. The number of nitrogen functional groups attached to an aromatic ring is 1. The third-order valence-corrected chi connectivity index (χ3v) is 2.43. The first-order chi connectivity index (χ1) is 7.65. The first-order valence-corrected chi connectivity index (χ1v) is 5.23. The first kappa shape index (κ1) is 10.6. The lowest BCUT2D eigenvalue weighted by Crippen LogP contribution is -1.99. The van der Waals surface area contributed by atoms with Crippen molar-refractivity contribution in [2.75, 3.05) is 5.73 Å². The number of nitrogens with two attached hydrogens (primary N) is 1. The molecule has 0 aliphatic heterocycles. The molecule has 2 rings (SSSR count). The molecule has 0 fully saturated rings. The minimum atomic E-state index is 0.293. The second-order valence-corrected chi connectivity index (χ2v) is 3.97. The summed E-state index contributed by atoms with van der Waals surface area (Å²) in [6, 6.07) is 0. The normalized spacial score (nSPS) is 11.2. The van der Waals surface area contributed by atoms with Crippen LogP contribution in [0, 0.1) is 0 Å². The van der Waals surface area contributed by atoms with E-state index in [2.05, 4.69) is 35.5 Å². The Balaban J connectivity index is 2.76. The van der Waals surface area contributed by atoms with Crippen LogP contribution in [0.5, 0.6) is 0 Å². The number of aromatic nitrogens is 4. The Labute approximate surface area is 94.0 Å². The molecule has 2 N–H and O–H groups in total. The summed E-state index contributed by atoms with van der Waals surface area (Å²) in [5, 5.41) is 5.36. The highest BCUT2D eigenvalue weighted by Gasteiger charge is 2.16. The smallest absolute Gasteiger partial charge is 0.163 e. The summed E-state index contributed by atoms with van der Waals surface area (Å²) in [6.07, 6.45) is 3.25. The van der Waals surface area contributed by atoms with E-state index in [1.54, 1.807) is 10.8 Å². The summed E-state index contributed by atoms with van der Waals surface area (Å²) in [5.41, 5.74) is 7.59. The van der Waals surface area contributed by atoms with E-state index < -0.39 is 0 Å². The van der Waals surface area contributed by atoms with Gasteiger partial charge in [-0.15, -0.1) is 6.58 Å². The maximum absolute atomic E-state index is 5.87. The van der Waals surface area contributed by atoms with Crippen molar-refractivity contribution in [2.24, 2.45) is 0 Å². The fourth-order valence-corrected chi connectivity index (χ4v) is 1.71. The molecular weight excluding hydrogens is 202 g/mol. The topological polar surface area (TPSA) is 69.6 Å². The number of rotatable bonds is 3. The minimum absolute atomic E-state index is 0.293. The monoisotopic (exact) mass is 217 g/mol. The van der Waals surface area contributed by atoms with Gasteiger partial charge in [0.15, 0.2) is 5.65 Å². The lowest BCUT2D eigenvalue weighted by molar-refractivity contribution is 0.681. The van der Waals surface area contributed by atoms with Crippen molar-refractivity contribution in [1.29, 1.82) is 0 Å². The summed E-state index contributed by atoms with van der Waals surface area (Å²) in [6.45, 7) is 8.48. The van der Waals surface area contributed by atoms with Crippen LogP contribution < -0.4 is 5.73 Å². The van der Waals surface area contributed by atoms with Crippen LogP contribution in [-0.4, -0.2) is 19.7 Å². The highest BCUT2D eigenvalue weighted by Crippen LogP contribution is 2.26. The summed E-state index contributed by atoms with van der Waals surface area (Å²) < 4.78 is 1.80. The summed E-state index contributed by atoms with van der Waals surface area (Å²) in [5.74, 6) is 0.783. The molecule has 0 unspecified atom stereocenters. The van der Waals surface area contributed by atoms with Crippen molar-refractivity contribution < 1.29 is 0 Å². The van der Waals surface area contributed by atoms with Gasteiger partial charge in [0.05, 0.1) is 17.6 Å². The van der Waals surface area contributed by atoms with Gasteiger partial charge >= 0.3 is 0 Å². The SMILES string of the molecule is C=CCn1nc(C(C)C)c2c(N)ncnc21. The Morgan fingerprint density at radius 1 is 1.50 bits per heavy atom. The van der Waals surface area contributed by atoms with Crippen molar-refractivity contribution in [3.05, 3.63) is 24.7 Å². The molecule has 0 saturated heterocycles. The molecule has 0 saturated carbocycles. The second kappa shape index (κ2) is 3.92. The molecule has 2 aromatic heterocycles. The van der Waals surface area contributed by atoms with Crippen LogP contribution in [0.4, 0.5) is 5.82 Å². The highest BCUT2D eigenvalue weighted by atomic mass is 15.3. The van der Waals surface area contributed by atoms with Gasteiger partial charge in [0.25, 0.3) is 0 Å². The molecular formula is C11H15N5. The van der Waals surface area contributed by atoms with Crippen molar-refractivity contribution in [1.82, 2.24) is 19.7 Å². The number of hydrogen-bond donors (Lipinski definition) is 1. The van der Waals surface area contributed by atoms with Gasteiger partial charge < -0.3 is 5.73 Å². The molecule has 0 aliphatic rings. The van der Waals surface area contributed by atoms with Gasteiger partial charge in [0.1, 0.15) is 12.1 Å². The number of allylic oxidation sites excluding steroid dienone is 1. The predicted octanol–water partition coefficient (Wildman–Crippen LogP) is 1.72. The molecule has 84 valence electrons. The van der Waals surface area contributed by atoms with E-state index >= 15 is 0 Å². The maximum atomic E-state index is 5.87. The van der Waals surface area contributed by atoms with Gasteiger partial charge in [-0.1, -0.05) is 19.9 Å². The van der Waals surface area contributed by atoms with Gasteiger partial charge in [0, 0.05) is 0 Å². The molecule has 0 amide bonds. The second-order valence-electron chi connectivity index (χ2n) is 3.97. The lowest BCUT2D eigenvalue weighted by atomic mass is 10.1. The maximum Gasteiger partial charge on any atom is 0.163 e. The number of anilines is 1. The molecule has 0 radical (unpaired) electrons. The summed E-state index contributed by atoms with van der Waals surface area (Å²) in [7, 11) is 0. The van der Waals surface area contributed by atoms with E-state index in [1.807, 2.05) is 0 Å². The van der Waals surface area contributed by atoms with Crippen molar-refractivity contribution in [3.8, 4) is 0 Å². The molecule has 0 aromatic carbocycles. The van der Waals surface area contributed by atoms with Crippen LogP contribution in [0.1, 0.15) is 25.5 Å². The lowest BCUT2D eigenvalue weighted by Gasteiger charge is -2.00. The Kier molecular flexibility index (Phi) is 2.60. The molecule has 5 heteroatoms. The zero-order valence-electron chi connectivity index (χ0n) is 9.51. The quantitative estimate of drug-likeness (QED) is 0.795. The van der Waals surface area contributed by atoms with Gasteiger partial charge in [-0.05, 0) is 5.92 Å². The van der Waals surface area contributed by atoms with Crippen LogP contribution in [0.2, 0.25) is 0 Å². The van der Waals surface area contributed by atoms with Crippen LogP contribution >= 0.6 is 0 Å². The van der Waals surface area contributed by atoms with Crippen LogP contribution in [0.25, 0.3) is 11.0 Å². The number of hydrogen-bond acceptors (Lipinski definition) is 4. The zero-order valence-corrected chi connectivity index (χ0v) is 9.51. The fourth-order valence-electron chi connectivity index (χ4n) is 1.71. The van der Waals surface area contributed by atoms with E-state index in [4.69, 9.17) is 5.73 Å². The highest BCUT2D eigenvalue weighted by molar-refractivity contribution is 5.88. The third kappa shape index (κ3) is 1.54. The van der Waals surface area contributed by atoms with Crippen molar-refractivity contribution in [2.45, 2.75) is 26.3 Å². The van der Waals surface area contributed by atoms with Gasteiger partial charge in [0.2, 0.25) is 0 Å². The molecule has 0 bridgehead atoms. The molecule has 16 heavy (non-hydrogen) atoms. The van der Waals surface area contributed by atoms with Crippen molar-refractivity contribution in [3.63, 3.8) is 0 Å². The largest absolute Gasteiger partial charge is 0.383 e. The van der Waals surface area contributed by atoms with E-state index in [0.29, 0.717) is 18.3 Å². The van der Waals surface area contributed by atoms with E-state index in [9.17, 15) is 0 Å². The molecule has 5 nitrogen and oxygen atoms in total. The van der Waals surface area contributed by atoms with E-state index in [1.165, 1.54) is 6.33 Å². The van der Waals surface area contributed by atoms with Gasteiger partial charge in [-0.25, -0.2) is 14.6 Å². The summed E-state index contributed by atoms with van der Waals surface area (Å²) in [4.78, 5) is 8.24. The minimum Gasteiger partial charge on any atom is -0.383 e. The standard InChI is InChI=1S/C11H15N5/c1-4-5-16-11-8(9(15-16)7(2)3)10(12)13-6-14-11/h4,6-7H,1,5H2,2-3H3,(H2,12,13,14). The number of nitrogens with zero attached hydrogens (tertiary/aromatic N) is 4. The van der Waals surface area contributed by atoms with Crippen LogP contribution in [-0.2, 0) is 6.54 Å². The molecule has 0 atom stereocenters. The molecule has 2 aromatic rings. The summed E-state index contributed by atoms with van der Waals surface area (Å²) >= 11 is 0. The number of fused-ring (bicyclic) bond motifs is 1. The van der Waals surface area contributed by atoms with Crippen molar-refractivity contribution >= 4 is 16.9 Å². The van der Waals surface area contributed by atoms with Gasteiger partial charge in [-0.2, -0.15) is 5.10 Å². The Morgan fingerprint density at radius 3 is 2.88 bits per heavy atom. The average molecular weight is 217 g/mol. The predicted molar refractivity (Wildman–Crippen MR) is 64.0 cm³/mol. The average Bonchev–Trinajstić information content (AvgIpc) is 2.60. The Morgan fingerprint density at radius 2 is 2.25 bits per heavy atom. The fraction of sp³-hybridized carbons (Fsp3) is 0.364.